The van der Waals surface area contributed by atoms with E-state index in [1.165, 1.54) is 29.2 Å². The smallest absolute Gasteiger partial charge is 0.326 e. The summed E-state index contributed by atoms with van der Waals surface area (Å²) in [6, 6.07) is -3.65. The van der Waals surface area contributed by atoms with Gasteiger partial charge in [-0.05, 0) is 31.3 Å². The molecule has 13 heteroatoms. The molecule has 4 atom stereocenters. The lowest BCUT2D eigenvalue weighted by Crippen LogP contribution is -2.57. The molecule has 0 saturated carbocycles. The maximum Gasteiger partial charge on any atom is 0.326 e. The Balaban J connectivity index is 2.07. The number of rotatable bonds is 12. The van der Waals surface area contributed by atoms with Crippen LogP contribution in [0.2, 0.25) is 0 Å². The van der Waals surface area contributed by atoms with Crippen LogP contribution in [-0.2, 0) is 25.6 Å². The van der Waals surface area contributed by atoms with Gasteiger partial charge in [-0.15, -0.1) is 0 Å². The van der Waals surface area contributed by atoms with E-state index in [4.69, 9.17) is 5.73 Å². The van der Waals surface area contributed by atoms with Crippen LogP contribution in [0.25, 0.3) is 0 Å². The van der Waals surface area contributed by atoms with E-state index in [-0.39, 0.29) is 18.1 Å². The summed E-state index contributed by atoms with van der Waals surface area (Å²) in [5.74, 6) is -1.86. The molecule has 32 heavy (non-hydrogen) atoms. The largest absolute Gasteiger partial charge is 0.480 e. The highest BCUT2D eigenvalue weighted by molar-refractivity contribution is 7.98. The Morgan fingerprint density at radius 1 is 1.38 bits per heavy atom. The number of carbonyl (C=O) groups excluding carboxylic acids is 3. The van der Waals surface area contributed by atoms with Gasteiger partial charge in [0.1, 0.15) is 18.1 Å². The third kappa shape index (κ3) is 7.14. The average Bonchev–Trinajstić information content (AvgIpc) is 3.46. The molecule has 0 radical (unpaired) electrons. The second-order valence-electron chi connectivity index (χ2n) is 7.50. The van der Waals surface area contributed by atoms with E-state index >= 15 is 0 Å². The Morgan fingerprint density at radius 3 is 2.72 bits per heavy atom. The van der Waals surface area contributed by atoms with Crippen LogP contribution in [0.15, 0.2) is 12.5 Å². The normalized spacial score (nSPS) is 18.6. The number of carboxylic acid groups (broad SMARTS) is 1. The van der Waals surface area contributed by atoms with Gasteiger partial charge in [-0.1, -0.05) is 0 Å². The second kappa shape index (κ2) is 12.7. The minimum atomic E-state index is -1.20. The first-order valence-electron chi connectivity index (χ1n) is 10.2. The fourth-order valence-corrected chi connectivity index (χ4v) is 4.08. The molecule has 1 aliphatic heterocycles. The standard InChI is InChI=1S/C19H30N6O5S2/c1-32-6-4-13(16(26)24-14(19(29)30)7-11-8-21-10-22-11)23-17(27)15-3-2-5-25(15)18(28)12(20)9-31/h8,10,12-15,31H,2-7,9,20H2,1H3,(H,21,22)(H,23,27)(H,24,26)(H,29,30). The molecule has 178 valence electrons. The van der Waals surface area contributed by atoms with E-state index in [1.807, 2.05) is 6.26 Å². The summed E-state index contributed by atoms with van der Waals surface area (Å²) >= 11 is 5.54. The van der Waals surface area contributed by atoms with Crippen LogP contribution < -0.4 is 16.4 Å². The van der Waals surface area contributed by atoms with Crippen molar-refractivity contribution in [3.05, 3.63) is 18.2 Å². The number of H-pyrrole nitrogens is 1. The SMILES string of the molecule is CSCCC(NC(=O)C1CCCN1C(=O)C(N)CS)C(=O)NC(Cc1cnc[nH]1)C(=O)O. The van der Waals surface area contributed by atoms with Crippen molar-refractivity contribution >= 4 is 48.1 Å². The van der Waals surface area contributed by atoms with Gasteiger partial charge >= 0.3 is 5.97 Å². The number of hydrogen-bond acceptors (Lipinski definition) is 8. The first kappa shape index (κ1) is 26.0. The fourth-order valence-electron chi connectivity index (χ4n) is 3.46. The fraction of sp³-hybridized carbons (Fsp3) is 0.632. The van der Waals surface area contributed by atoms with Crippen molar-refractivity contribution in [1.82, 2.24) is 25.5 Å². The van der Waals surface area contributed by atoms with Crippen molar-refractivity contribution in [3.63, 3.8) is 0 Å². The van der Waals surface area contributed by atoms with E-state index in [0.717, 1.165) is 0 Å². The monoisotopic (exact) mass is 486 g/mol. The van der Waals surface area contributed by atoms with Crippen LogP contribution in [0.3, 0.4) is 0 Å². The van der Waals surface area contributed by atoms with E-state index in [1.54, 1.807) is 0 Å². The van der Waals surface area contributed by atoms with Crippen LogP contribution in [0.4, 0.5) is 0 Å². The minimum Gasteiger partial charge on any atom is -0.480 e. The van der Waals surface area contributed by atoms with Crippen molar-refractivity contribution < 1.29 is 24.3 Å². The van der Waals surface area contributed by atoms with Gasteiger partial charge in [-0.25, -0.2) is 9.78 Å². The van der Waals surface area contributed by atoms with Gasteiger partial charge < -0.3 is 31.4 Å². The van der Waals surface area contributed by atoms with Crippen LogP contribution in [0.1, 0.15) is 25.0 Å². The molecule has 0 aliphatic carbocycles. The Bertz CT molecular complexity index is 793. The van der Waals surface area contributed by atoms with Gasteiger partial charge in [-0.3, -0.25) is 14.4 Å². The van der Waals surface area contributed by atoms with Crippen molar-refractivity contribution in [2.45, 2.75) is 49.9 Å². The predicted octanol–water partition coefficient (Wildman–Crippen LogP) is -0.992. The summed E-state index contributed by atoms with van der Waals surface area (Å²) < 4.78 is 0. The molecule has 0 bridgehead atoms. The van der Waals surface area contributed by atoms with Crippen molar-refractivity contribution in [2.24, 2.45) is 5.73 Å². The number of thiol groups is 1. The lowest BCUT2D eigenvalue weighted by Gasteiger charge is -2.28. The Labute approximate surface area is 196 Å². The summed E-state index contributed by atoms with van der Waals surface area (Å²) in [5.41, 5.74) is 6.34. The zero-order valence-electron chi connectivity index (χ0n) is 17.8. The predicted molar refractivity (Wildman–Crippen MR) is 123 cm³/mol. The molecule has 0 spiro atoms. The van der Waals surface area contributed by atoms with Crippen molar-refractivity contribution in [1.29, 1.82) is 0 Å². The zero-order valence-corrected chi connectivity index (χ0v) is 19.5. The number of likely N-dealkylation sites (tertiary alicyclic amines) is 1. The van der Waals surface area contributed by atoms with Crippen LogP contribution in [-0.4, -0.2) is 92.1 Å². The molecule has 1 saturated heterocycles. The molecule has 1 fully saturated rings. The number of carbonyl (C=O) groups is 4. The first-order chi connectivity index (χ1) is 15.3. The molecular weight excluding hydrogens is 456 g/mol. The van der Waals surface area contributed by atoms with Crippen molar-refractivity contribution in [3.8, 4) is 0 Å². The van der Waals surface area contributed by atoms with Gasteiger partial charge in [0.25, 0.3) is 0 Å². The summed E-state index contributed by atoms with van der Waals surface area (Å²) in [4.78, 5) is 58.0. The summed E-state index contributed by atoms with van der Waals surface area (Å²) in [6.07, 6.45) is 6.22. The maximum atomic E-state index is 12.9. The van der Waals surface area contributed by atoms with Gasteiger partial charge in [-0.2, -0.15) is 24.4 Å². The van der Waals surface area contributed by atoms with E-state index in [2.05, 4.69) is 33.2 Å². The number of amides is 3. The lowest BCUT2D eigenvalue weighted by atomic mass is 10.1. The average molecular weight is 487 g/mol. The third-order valence-corrected chi connectivity index (χ3v) is 6.23. The van der Waals surface area contributed by atoms with Crippen LogP contribution >= 0.6 is 24.4 Å². The Kier molecular flexibility index (Phi) is 10.3. The molecule has 2 heterocycles. The highest BCUT2D eigenvalue weighted by Crippen LogP contribution is 2.19. The molecule has 11 nitrogen and oxygen atoms in total. The van der Waals surface area contributed by atoms with Gasteiger partial charge in [0, 0.05) is 30.6 Å². The van der Waals surface area contributed by atoms with Gasteiger partial charge in [0.2, 0.25) is 17.7 Å². The summed E-state index contributed by atoms with van der Waals surface area (Å²) in [7, 11) is 0. The maximum absolute atomic E-state index is 12.9. The number of aromatic nitrogens is 2. The second-order valence-corrected chi connectivity index (χ2v) is 8.85. The zero-order chi connectivity index (χ0) is 23.7. The molecular formula is C19H30N6O5S2. The summed E-state index contributed by atoms with van der Waals surface area (Å²) in [5, 5.41) is 14.7. The van der Waals surface area contributed by atoms with Crippen molar-refractivity contribution in [2.75, 3.05) is 24.3 Å². The highest BCUT2D eigenvalue weighted by atomic mass is 32.2. The van der Waals surface area contributed by atoms with Gasteiger partial charge in [0.15, 0.2) is 0 Å². The summed E-state index contributed by atoms with van der Waals surface area (Å²) in [6.45, 7) is 0.408. The Morgan fingerprint density at radius 2 is 2.12 bits per heavy atom. The van der Waals surface area contributed by atoms with E-state index in [9.17, 15) is 24.3 Å². The number of aromatic amines is 1. The number of imidazole rings is 1. The molecule has 3 amide bonds. The third-order valence-electron chi connectivity index (χ3n) is 5.19. The number of nitrogens with zero attached hydrogens (tertiary/aromatic N) is 2. The number of nitrogens with two attached hydrogens (primary N) is 1. The molecule has 0 aromatic carbocycles. The molecule has 2 rings (SSSR count). The molecule has 1 aliphatic rings. The van der Waals surface area contributed by atoms with E-state index < -0.39 is 42.0 Å². The molecule has 6 N–H and O–H groups in total. The van der Waals surface area contributed by atoms with Gasteiger partial charge in [0.05, 0.1) is 12.4 Å². The molecule has 4 unspecified atom stereocenters. The van der Waals surface area contributed by atoms with Crippen LogP contribution in [0, 0.1) is 0 Å². The number of aliphatic carboxylic acids is 1. The Hall–Kier alpha value is -2.25. The number of carboxylic acids is 1. The molecule has 1 aromatic rings. The molecule has 1 aromatic heterocycles. The van der Waals surface area contributed by atoms with E-state index in [0.29, 0.717) is 37.3 Å². The first-order valence-corrected chi connectivity index (χ1v) is 12.3. The number of thioether (sulfide) groups is 1. The highest BCUT2D eigenvalue weighted by Gasteiger charge is 2.37. The number of hydrogen-bond donors (Lipinski definition) is 6. The topological polar surface area (TPSA) is 171 Å². The van der Waals surface area contributed by atoms with Crippen LogP contribution in [0.5, 0.6) is 0 Å². The quantitative estimate of drug-likeness (QED) is 0.204. The number of nitrogens with one attached hydrogen (secondary N) is 3. The lowest BCUT2D eigenvalue weighted by molar-refractivity contribution is -0.143. The minimum absolute atomic E-state index is 0.0246.